The fourth-order valence-corrected chi connectivity index (χ4v) is 2.70. The highest BCUT2D eigenvalue weighted by Crippen LogP contribution is 2.46. The minimum Gasteiger partial charge on any atom is -0.366 e. The molecule has 0 saturated heterocycles. The minimum absolute atomic E-state index is 0.447. The highest BCUT2D eigenvalue weighted by molar-refractivity contribution is 5.49. The lowest BCUT2D eigenvalue weighted by Crippen LogP contribution is -2.13. The lowest BCUT2D eigenvalue weighted by Gasteiger charge is -2.13. The average molecular weight is 231 g/mol. The maximum Gasteiger partial charge on any atom is 0.133 e. The molecule has 1 aromatic heterocycles. The second-order valence-corrected chi connectivity index (χ2v) is 6.10. The second-order valence-electron chi connectivity index (χ2n) is 6.10. The Labute approximate surface area is 103 Å². The molecule has 17 heavy (non-hydrogen) atoms. The topological polar surface area (TPSA) is 37.8 Å². The van der Waals surface area contributed by atoms with E-state index >= 15 is 0 Å². The maximum absolute atomic E-state index is 4.46. The Morgan fingerprint density at radius 2 is 1.94 bits per heavy atom. The summed E-state index contributed by atoms with van der Waals surface area (Å²) < 4.78 is 0. The van der Waals surface area contributed by atoms with E-state index in [2.05, 4.69) is 29.1 Å². The van der Waals surface area contributed by atoms with Crippen molar-refractivity contribution in [1.29, 1.82) is 0 Å². The predicted octanol–water partition coefficient (Wildman–Crippen LogP) is 2.96. The highest BCUT2D eigenvalue weighted by atomic mass is 15.1. The molecule has 1 fully saturated rings. The van der Waals surface area contributed by atoms with Crippen LogP contribution < -0.4 is 5.32 Å². The number of fused-ring (bicyclic) bond motifs is 1. The summed E-state index contributed by atoms with van der Waals surface area (Å²) >= 11 is 0. The van der Waals surface area contributed by atoms with E-state index in [1.165, 1.54) is 36.9 Å². The van der Waals surface area contributed by atoms with E-state index in [9.17, 15) is 0 Å². The molecule has 2 aliphatic rings. The normalized spacial score (nSPS) is 25.9. The SMILES string of the molecule is CC1(C)CC1Nc1ncnc2c1CCCCC2. The molecule has 1 saturated carbocycles. The molecule has 3 rings (SSSR count). The van der Waals surface area contributed by atoms with Crippen LogP contribution >= 0.6 is 0 Å². The molecule has 3 nitrogen and oxygen atoms in total. The number of anilines is 1. The average Bonchev–Trinajstić information content (AvgIpc) is 2.95. The number of rotatable bonds is 2. The Hall–Kier alpha value is -1.12. The Kier molecular flexibility index (Phi) is 2.57. The number of hydrogen-bond donors (Lipinski definition) is 1. The van der Waals surface area contributed by atoms with Crippen molar-refractivity contribution < 1.29 is 0 Å². The number of aryl methyl sites for hydroxylation is 1. The van der Waals surface area contributed by atoms with Gasteiger partial charge in [-0.3, -0.25) is 0 Å². The fourth-order valence-electron chi connectivity index (χ4n) is 2.70. The zero-order valence-corrected chi connectivity index (χ0v) is 10.8. The van der Waals surface area contributed by atoms with Gasteiger partial charge < -0.3 is 5.32 Å². The number of nitrogens with one attached hydrogen (secondary N) is 1. The Morgan fingerprint density at radius 3 is 2.71 bits per heavy atom. The summed E-state index contributed by atoms with van der Waals surface area (Å²) in [5, 5.41) is 3.61. The van der Waals surface area contributed by atoms with Crippen LogP contribution in [0.25, 0.3) is 0 Å². The van der Waals surface area contributed by atoms with E-state index in [0.29, 0.717) is 11.5 Å². The van der Waals surface area contributed by atoms with Gasteiger partial charge in [0.2, 0.25) is 0 Å². The van der Waals surface area contributed by atoms with Crippen molar-refractivity contribution in [3.05, 3.63) is 17.6 Å². The third-order valence-electron chi connectivity index (χ3n) is 4.20. The van der Waals surface area contributed by atoms with Crippen molar-refractivity contribution >= 4 is 5.82 Å². The van der Waals surface area contributed by atoms with E-state index in [0.717, 1.165) is 18.7 Å². The van der Waals surface area contributed by atoms with Gasteiger partial charge in [0.15, 0.2) is 0 Å². The zero-order valence-electron chi connectivity index (χ0n) is 10.8. The summed E-state index contributed by atoms with van der Waals surface area (Å²) in [5.41, 5.74) is 3.11. The first-order chi connectivity index (χ1) is 8.17. The van der Waals surface area contributed by atoms with Gasteiger partial charge in [0, 0.05) is 17.3 Å². The van der Waals surface area contributed by atoms with Gasteiger partial charge in [-0.05, 0) is 37.5 Å². The van der Waals surface area contributed by atoms with E-state index in [4.69, 9.17) is 0 Å². The van der Waals surface area contributed by atoms with Crippen molar-refractivity contribution in [2.24, 2.45) is 5.41 Å². The molecule has 1 aromatic rings. The molecule has 0 spiro atoms. The van der Waals surface area contributed by atoms with E-state index < -0.39 is 0 Å². The Bertz CT molecular complexity index is 425. The first kappa shape index (κ1) is 11.0. The fraction of sp³-hybridized carbons (Fsp3) is 0.714. The van der Waals surface area contributed by atoms with Crippen LogP contribution in [0, 0.1) is 5.41 Å². The molecular formula is C14H21N3. The minimum atomic E-state index is 0.447. The number of aromatic nitrogens is 2. The number of nitrogens with zero attached hydrogens (tertiary/aromatic N) is 2. The molecule has 0 amide bonds. The van der Waals surface area contributed by atoms with E-state index in [1.54, 1.807) is 6.33 Å². The largest absolute Gasteiger partial charge is 0.366 e. The van der Waals surface area contributed by atoms with Crippen molar-refractivity contribution in [2.75, 3.05) is 5.32 Å². The second kappa shape index (κ2) is 3.97. The first-order valence-corrected chi connectivity index (χ1v) is 6.76. The molecule has 92 valence electrons. The van der Waals surface area contributed by atoms with Crippen LogP contribution in [0.2, 0.25) is 0 Å². The molecule has 0 aliphatic heterocycles. The highest BCUT2D eigenvalue weighted by Gasteiger charge is 2.46. The molecule has 1 atom stereocenters. The van der Waals surface area contributed by atoms with Gasteiger partial charge in [0.1, 0.15) is 12.1 Å². The smallest absolute Gasteiger partial charge is 0.133 e. The summed E-state index contributed by atoms with van der Waals surface area (Å²) in [6, 6.07) is 0.602. The number of hydrogen-bond acceptors (Lipinski definition) is 3. The molecule has 2 aliphatic carbocycles. The van der Waals surface area contributed by atoms with Crippen LogP contribution in [-0.2, 0) is 12.8 Å². The molecule has 0 bridgehead atoms. The van der Waals surface area contributed by atoms with E-state index in [1.807, 2.05) is 0 Å². The van der Waals surface area contributed by atoms with Crippen molar-refractivity contribution in [2.45, 2.75) is 58.4 Å². The van der Waals surface area contributed by atoms with E-state index in [-0.39, 0.29) is 0 Å². The molecule has 1 heterocycles. The summed E-state index contributed by atoms with van der Waals surface area (Å²) in [4.78, 5) is 8.91. The maximum atomic E-state index is 4.46. The third-order valence-corrected chi connectivity index (χ3v) is 4.20. The van der Waals surface area contributed by atoms with Crippen LogP contribution in [0.4, 0.5) is 5.82 Å². The molecule has 3 heteroatoms. The van der Waals surface area contributed by atoms with Gasteiger partial charge in [-0.2, -0.15) is 0 Å². The Balaban J connectivity index is 1.84. The molecule has 0 aromatic carbocycles. The van der Waals surface area contributed by atoms with Gasteiger partial charge in [-0.15, -0.1) is 0 Å². The van der Waals surface area contributed by atoms with Gasteiger partial charge in [0.05, 0.1) is 0 Å². The summed E-state index contributed by atoms with van der Waals surface area (Å²) in [6.07, 6.45) is 9.13. The standard InChI is InChI=1S/C14H21N3/c1-14(2)8-12(14)17-13-10-6-4-3-5-7-11(10)15-9-16-13/h9,12H,3-8H2,1-2H3,(H,15,16,17). The van der Waals surface area contributed by atoms with Crippen molar-refractivity contribution in [3.63, 3.8) is 0 Å². The van der Waals surface area contributed by atoms with Crippen LogP contribution in [0.3, 0.4) is 0 Å². The van der Waals surface area contributed by atoms with Gasteiger partial charge in [-0.25, -0.2) is 9.97 Å². The van der Waals surface area contributed by atoms with Crippen LogP contribution in [0.5, 0.6) is 0 Å². The van der Waals surface area contributed by atoms with Gasteiger partial charge in [0.25, 0.3) is 0 Å². The summed E-state index contributed by atoms with van der Waals surface area (Å²) in [6.45, 7) is 4.62. The van der Waals surface area contributed by atoms with Crippen molar-refractivity contribution in [3.8, 4) is 0 Å². The summed E-state index contributed by atoms with van der Waals surface area (Å²) in [7, 11) is 0. The lowest BCUT2D eigenvalue weighted by molar-refractivity contribution is 0.629. The Morgan fingerprint density at radius 1 is 1.18 bits per heavy atom. The first-order valence-electron chi connectivity index (χ1n) is 6.76. The molecule has 1 N–H and O–H groups in total. The molecule has 1 unspecified atom stereocenters. The quantitative estimate of drug-likeness (QED) is 0.795. The molecule has 0 radical (unpaired) electrons. The lowest BCUT2D eigenvalue weighted by atomic mass is 10.1. The molecular weight excluding hydrogens is 210 g/mol. The predicted molar refractivity (Wildman–Crippen MR) is 69.1 cm³/mol. The van der Waals surface area contributed by atoms with Crippen molar-refractivity contribution in [1.82, 2.24) is 9.97 Å². The van der Waals surface area contributed by atoms with Gasteiger partial charge >= 0.3 is 0 Å². The monoisotopic (exact) mass is 231 g/mol. The van der Waals surface area contributed by atoms with Gasteiger partial charge in [-0.1, -0.05) is 20.3 Å². The summed E-state index contributed by atoms with van der Waals surface area (Å²) in [5.74, 6) is 1.10. The van der Waals surface area contributed by atoms with Crippen LogP contribution in [-0.4, -0.2) is 16.0 Å². The third kappa shape index (κ3) is 2.15. The van der Waals surface area contributed by atoms with Crippen LogP contribution in [0.1, 0.15) is 50.8 Å². The zero-order chi connectivity index (χ0) is 11.9. The van der Waals surface area contributed by atoms with Crippen LogP contribution in [0.15, 0.2) is 6.33 Å².